The smallest absolute Gasteiger partial charge is 0.242 e. The van der Waals surface area contributed by atoms with Crippen molar-refractivity contribution in [2.24, 2.45) is 5.73 Å². The summed E-state index contributed by atoms with van der Waals surface area (Å²) in [6, 6.07) is -2.67. The molecule has 0 spiro atoms. The Balaban J connectivity index is 0. The third kappa shape index (κ3) is 27.0. The van der Waals surface area contributed by atoms with Gasteiger partial charge >= 0.3 is 0 Å². The molecule has 76 heavy (non-hydrogen) atoms. The Kier molecular flexibility index (Phi) is 33.4. The molecule has 0 aliphatic rings. The van der Waals surface area contributed by atoms with Crippen molar-refractivity contribution in [2.75, 3.05) is 91.6 Å². The van der Waals surface area contributed by atoms with E-state index < -0.39 is 154 Å². The van der Waals surface area contributed by atoms with Crippen LogP contribution in [0.1, 0.15) is 118 Å². The van der Waals surface area contributed by atoms with Crippen LogP contribution in [0.2, 0.25) is 0 Å². The monoisotopic (exact) mass is 1090 g/mol. The largest absolute Gasteiger partial charge is 0.392 e. The van der Waals surface area contributed by atoms with Crippen LogP contribution in [-0.2, 0) is 47.9 Å². The Morgan fingerprint density at radius 2 is 0.526 bits per heavy atom. The highest BCUT2D eigenvalue weighted by Crippen LogP contribution is 2.12. The van der Waals surface area contributed by atoms with Gasteiger partial charge in [0.25, 0.3) is 0 Å². The summed E-state index contributed by atoms with van der Waals surface area (Å²) in [6.45, 7) is 19.5. The van der Waals surface area contributed by atoms with Crippen LogP contribution in [0.5, 0.6) is 0 Å². The second kappa shape index (κ2) is 35.0. The lowest BCUT2D eigenvalue weighted by atomic mass is 10.2. The van der Waals surface area contributed by atoms with Gasteiger partial charge in [0.2, 0.25) is 59.1 Å². The first-order chi connectivity index (χ1) is 34.5. The Morgan fingerprint density at radius 3 is 0.750 bits per heavy atom. The molecule has 25 nitrogen and oxygen atoms in total. The summed E-state index contributed by atoms with van der Waals surface area (Å²) in [6.07, 6.45) is -4.53. The maximum Gasteiger partial charge on any atom is 0.242 e. The molecule has 0 bridgehead atoms. The average Bonchev–Trinajstić information content (AvgIpc) is 3.26. The number of nitrogens with zero attached hydrogens (tertiary/aromatic N) is 9. The highest BCUT2D eigenvalue weighted by atomic mass is 16.3. The molecule has 0 radical (unpaired) electrons. The van der Waals surface area contributed by atoms with Gasteiger partial charge in [-0.2, -0.15) is 0 Å². The van der Waals surface area contributed by atoms with Crippen LogP contribution in [0.4, 0.5) is 0 Å². The molecule has 25 heteroatoms. The molecule has 0 fully saturated rings. The van der Waals surface area contributed by atoms with E-state index in [2.05, 4.69) is 5.32 Å². The lowest BCUT2D eigenvalue weighted by Gasteiger charge is -2.35. The molecule has 7 N–H and O–H groups in total. The second-order valence-electron chi connectivity index (χ2n) is 21.1. The van der Waals surface area contributed by atoms with Gasteiger partial charge in [-0.25, -0.2) is 0 Å². The van der Waals surface area contributed by atoms with E-state index in [1.54, 1.807) is 69.2 Å². The summed E-state index contributed by atoms with van der Waals surface area (Å²) in [5.74, 6) is -6.76. The minimum absolute atomic E-state index is 0. The first kappa shape index (κ1) is 72.6. The van der Waals surface area contributed by atoms with Crippen molar-refractivity contribution in [3.63, 3.8) is 0 Å². The number of carbonyl (C=O) groups excluding carboxylic acids is 10. The highest BCUT2D eigenvalue weighted by Gasteiger charge is 2.34. The zero-order valence-corrected chi connectivity index (χ0v) is 47.6. The third-order valence-corrected chi connectivity index (χ3v) is 11.6. The molecule has 440 valence electrons. The van der Waals surface area contributed by atoms with E-state index in [9.17, 15) is 68.4 Å². The number of primary amides is 1. The molecule has 0 aromatic heterocycles. The predicted molar refractivity (Wildman–Crippen MR) is 286 cm³/mol. The van der Waals surface area contributed by atoms with Crippen LogP contribution >= 0.6 is 0 Å². The van der Waals surface area contributed by atoms with E-state index in [1.807, 2.05) is 13.8 Å². The molecule has 0 saturated carbocycles. The summed E-state index contributed by atoms with van der Waals surface area (Å²) < 4.78 is 0. The molecular weight excluding hydrogens is 991 g/mol. The summed E-state index contributed by atoms with van der Waals surface area (Å²) in [7, 11) is 0. The predicted octanol–water partition coefficient (Wildman–Crippen LogP) is -1.87. The van der Waals surface area contributed by atoms with Crippen LogP contribution in [0, 0.1) is 0 Å². The van der Waals surface area contributed by atoms with Gasteiger partial charge in [-0.1, -0.05) is 21.3 Å². The molecule has 0 rings (SSSR count). The summed E-state index contributed by atoms with van der Waals surface area (Å²) in [5.41, 5.74) is 5.35. The molecule has 0 heterocycles. The fourth-order valence-electron chi connectivity index (χ4n) is 7.65. The van der Waals surface area contributed by atoms with Gasteiger partial charge in [-0.15, -0.1) is 0 Å². The quantitative estimate of drug-likeness (QED) is 0.0411. The van der Waals surface area contributed by atoms with Gasteiger partial charge in [0.15, 0.2) is 0 Å². The Labute approximate surface area is 452 Å². The van der Waals surface area contributed by atoms with Crippen molar-refractivity contribution >= 4 is 59.1 Å². The maximum absolute atomic E-state index is 14.2. The van der Waals surface area contributed by atoms with E-state index in [1.165, 1.54) is 52.2 Å². The molecule has 4 unspecified atom stereocenters. The van der Waals surface area contributed by atoms with Crippen LogP contribution in [-0.4, -0.2) is 276 Å². The second-order valence-corrected chi connectivity index (χ2v) is 21.1. The Morgan fingerprint density at radius 1 is 0.329 bits per heavy atom. The van der Waals surface area contributed by atoms with E-state index in [4.69, 9.17) is 5.73 Å². The summed E-state index contributed by atoms with van der Waals surface area (Å²) in [4.78, 5) is 146. The van der Waals surface area contributed by atoms with Gasteiger partial charge in [0, 0.05) is 62.4 Å². The number of carbonyl (C=O) groups is 10. The van der Waals surface area contributed by atoms with Crippen molar-refractivity contribution in [3.8, 4) is 0 Å². The zero-order chi connectivity index (χ0) is 58.3. The van der Waals surface area contributed by atoms with Crippen molar-refractivity contribution in [2.45, 2.75) is 179 Å². The van der Waals surface area contributed by atoms with Crippen molar-refractivity contribution in [1.82, 2.24) is 49.4 Å². The lowest BCUT2D eigenvalue weighted by molar-refractivity contribution is -0.151. The first-order valence-electron chi connectivity index (χ1n) is 25.8. The van der Waals surface area contributed by atoms with Gasteiger partial charge in [0.1, 0.15) is 26.2 Å². The topological polar surface area (TPSA) is 319 Å². The Hall–Kier alpha value is -5.50. The summed E-state index contributed by atoms with van der Waals surface area (Å²) >= 11 is 0. The third-order valence-electron chi connectivity index (χ3n) is 11.6. The minimum atomic E-state index is -1.17. The van der Waals surface area contributed by atoms with Crippen LogP contribution in [0.25, 0.3) is 0 Å². The normalized spacial score (nSPS) is 12.9. The van der Waals surface area contributed by atoms with Crippen molar-refractivity contribution in [3.05, 3.63) is 0 Å². The number of nitrogens with two attached hydrogens (primary N) is 1. The zero-order valence-electron chi connectivity index (χ0n) is 47.6. The van der Waals surface area contributed by atoms with E-state index in [0.717, 1.165) is 19.6 Å². The molecule has 0 saturated heterocycles. The van der Waals surface area contributed by atoms with E-state index in [0.29, 0.717) is 0 Å². The van der Waals surface area contributed by atoms with Gasteiger partial charge in [-0.3, -0.25) is 47.9 Å². The number of aliphatic hydroxyl groups is 4. The molecule has 0 aliphatic heterocycles. The standard InChI is InChI=1S/C50H93N11O14.CH4/c1-31(2)52-17-42(67)58(33(5)6)27-45(70)53(18-37(13)62)23-43(68)56(21-40(16)65)26-48(73)61(36(11)12)30-50(75)59(34(7)8)28-46(71)54(19-38(14)63)24-44(69)55(20-39(15)64)25-47(72)60(35(9)10)29-49(74)57(32(3)4)22-41(51)66;/h31-40,52,62-65H,17-30H2,1-16H3,(H2,51,66);1H4. The highest BCUT2D eigenvalue weighted by molar-refractivity contribution is 5.94. The van der Waals surface area contributed by atoms with Gasteiger partial charge in [0.05, 0.1) is 63.7 Å². The number of aliphatic hydroxyl groups excluding tert-OH is 4. The molecule has 10 amide bonds. The van der Waals surface area contributed by atoms with Crippen LogP contribution in [0.3, 0.4) is 0 Å². The first-order valence-corrected chi connectivity index (χ1v) is 25.8. The minimum Gasteiger partial charge on any atom is -0.392 e. The molecule has 4 atom stereocenters. The van der Waals surface area contributed by atoms with E-state index >= 15 is 0 Å². The number of nitrogens with one attached hydrogen (secondary N) is 1. The van der Waals surface area contributed by atoms with E-state index in [-0.39, 0.29) is 64.7 Å². The number of rotatable bonds is 34. The van der Waals surface area contributed by atoms with Crippen molar-refractivity contribution in [1.29, 1.82) is 0 Å². The molecule has 0 aromatic carbocycles. The lowest BCUT2D eigenvalue weighted by Crippen LogP contribution is -2.56. The van der Waals surface area contributed by atoms with Gasteiger partial charge in [-0.05, 0) is 96.9 Å². The SMILES string of the molecule is C.CC(O)CN(CC(=O)N(CC(=O)N(CC(=O)N(CC(=O)N(CC(=O)N(CC(=O)N(CC(=O)N(CC(N)=O)C(C)C)C(C)C)CC(C)O)CC(C)O)C(C)C)C(C)C)CC(C)O)C(=O)CN(C(=O)CNC(C)C)C(C)C. The van der Waals surface area contributed by atoms with Gasteiger partial charge < -0.3 is 75.6 Å². The van der Waals surface area contributed by atoms with Crippen LogP contribution in [0.15, 0.2) is 0 Å². The molecule has 0 aliphatic carbocycles. The number of hydrogen-bond acceptors (Lipinski definition) is 15. The fourth-order valence-corrected chi connectivity index (χ4v) is 7.65. The van der Waals surface area contributed by atoms with Crippen molar-refractivity contribution < 1.29 is 68.4 Å². The summed E-state index contributed by atoms with van der Waals surface area (Å²) in [5, 5.41) is 44.6. The number of amides is 10. The average molecular weight is 1090 g/mol. The molecular formula is C51H97N11O14. The Bertz CT molecular complexity index is 1890. The maximum atomic E-state index is 14.2. The van der Waals surface area contributed by atoms with Crippen LogP contribution < -0.4 is 11.1 Å². The fraction of sp³-hybridized carbons (Fsp3) is 0.804. The number of hydrogen-bond donors (Lipinski definition) is 6. The molecule has 0 aromatic rings.